The molecule has 4 heterocycles. The fourth-order valence-electron chi connectivity index (χ4n) is 4.67. The minimum absolute atomic E-state index is 0.0596. The molecule has 34 heavy (non-hydrogen) atoms. The van der Waals surface area contributed by atoms with E-state index in [0.717, 1.165) is 42.5 Å². The highest BCUT2D eigenvalue weighted by molar-refractivity contribution is 5.72. The molecule has 2 aliphatic heterocycles. The molecule has 0 saturated carbocycles. The number of carbonyl (C=O) groups is 1. The Hall–Kier alpha value is -3.66. The number of nitrogens with zero attached hydrogens (tertiary/aromatic N) is 5. The summed E-state index contributed by atoms with van der Waals surface area (Å²) in [5.74, 6) is 1.36. The van der Waals surface area contributed by atoms with Crippen LogP contribution in [0.5, 0.6) is 11.5 Å². The third kappa shape index (κ3) is 4.67. The first-order valence-electron chi connectivity index (χ1n) is 11.5. The van der Waals surface area contributed by atoms with Gasteiger partial charge in [0.1, 0.15) is 13.2 Å². The Morgan fingerprint density at radius 1 is 1.09 bits per heavy atom. The van der Waals surface area contributed by atoms with Gasteiger partial charge in [0.25, 0.3) is 5.56 Å². The van der Waals surface area contributed by atoms with Crippen molar-refractivity contribution in [2.24, 2.45) is 0 Å². The summed E-state index contributed by atoms with van der Waals surface area (Å²) in [5.41, 5.74) is 2.20. The van der Waals surface area contributed by atoms with Gasteiger partial charge in [-0.15, -0.1) is 0 Å². The first-order valence-corrected chi connectivity index (χ1v) is 11.5. The Labute approximate surface area is 196 Å². The van der Waals surface area contributed by atoms with Crippen LogP contribution in [-0.4, -0.2) is 74.4 Å². The molecule has 1 fully saturated rings. The topological polar surface area (TPSA) is 110 Å². The SMILES string of the molecule is O=C(O)N(Cc1ccc2c(c1)OCCO2)C1CCN(CCn2c(=O)cnc3ccncc32)CC1. The predicted molar refractivity (Wildman–Crippen MR) is 124 cm³/mol. The van der Waals surface area contributed by atoms with Crippen LogP contribution in [0.15, 0.2) is 47.7 Å². The van der Waals surface area contributed by atoms with E-state index in [1.807, 2.05) is 18.2 Å². The molecule has 1 aromatic carbocycles. The number of piperidine rings is 1. The van der Waals surface area contributed by atoms with Gasteiger partial charge in [0.2, 0.25) is 0 Å². The van der Waals surface area contributed by atoms with Crippen LogP contribution < -0.4 is 15.0 Å². The number of amides is 1. The maximum atomic E-state index is 12.4. The van der Waals surface area contributed by atoms with Crippen molar-refractivity contribution in [1.29, 1.82) is 0 Å². The van der Waals surface area contributed by atoms with E-state index >= 15 is 0 Å². The molecule has 5 rings (SSSR count). The predicted octanol–water partition coefficient (Wildman–Crippen LogP) is 2.21. The molecule has 0 bridgehead atoms. The van der Waals surface area contributed by atoms with Crippen LogP contribution in [0.3, 0.4) is 0 Å². The summed E-state index contributed by atoms with van der Waals surface area (Å²) < 4.78 is 12.9. The zero-order valence-electron chi connectivity index (χ0n) is 18.8. The molecule has 178 valence electrons. The molecule has 10 nitrogen and oxygen atoms in total. The van der Waals surface area contributed by atoms with Crippen LogP contribution >= 0.6 is 0 Å². The monoisotopic (exact) mass is 465 g/mol. The van der Waals surface area contributed by atoms with E-state index < -0.39 is 6.09 Å². The smallest absolute Gasteiger partial charge is 0.407 e. The summed E-state index contributed by atoms with van der Waals surface area (Å²) >= 11 is 0. The molecule has 2 aromatic heterocycles. The number of ether oxygens (including phenoxy) is 2. The highest BCUT2D eigenvalue weighted by Gasteiger charge is 2.28. The molecule has 1 N–H and O–H groups in total. The van der Waals surface area contributed by atoms with E-state index in [0.29, 0.717) is 44.3 Å². The van der Waals surface area contributed by atoms with Crippen LogP contribution in [0.2, 0.25) is 0 Å². The second-order valence-electron chi connectivity index (χ2n) is 8.57. The zero-order valence-corrected chi connectivity index (χ0v) is 18.8. The summed E-state index contributed by atoms with van der Waals surface area (Å²) in [6.07, 6.45) is 5.23. The lowest BCUT2D eigenvalue weighted by Gasteiger charge is -2.37. The van der Waals surface area contributed by atoms with Gasteiger partial charge in [-0.3, -0.25) is 9.78 Å². The van der Waals surface area contributed by atoms with Crippen molar-refractivity contribution in [3.05, 3.63) is 58.8 Å². The van der Waals surface area contributed by atoms with Crippen molar-refractivity contribution in [2.45, 2.75) is 32.0 Å². The summed E-state index contributed by atoms with van der Waals surface area (Å²) in [5, 5.41) is 9.88. The van der Waals surface area contributed by atoms with E-state index in [2.05, 4.69) is 14.9 Å². The van der Waals surface area contributed by atoms with Crippen LogP contribution in [-0.2, 0) is 13.1 Å². The third-order valence-electron chi connectivity index (χ3n) is 6.49. The maximum absolute atomic E-state index is 12.4. The number of rotatable bonds is 6. The molecule has 0 atom stereocenters. The summed E-state index contributed by atoms with van der Waals surface area (Å²) in [4.78, 5) is 36.5. The minimum Gasteiger partial charge on any atom is -0.486 e. The number of benzene rings is 1. The van der Waals surface area contributed by atoms with E-state index in [4.69, 9.17) is 9.47 Å². The molecule has 0 spiro atoms. The number of aromatic nitrogens is 3. The van der Waals surface area contributed by atoms with Gasteiger partial charge in [-0.05, 0) is 36.6 Å². The van der Waals surface area contributed by atoms with Gasteiger partial charge >= 0.3 is 6.09 Å². The van der Waals surface area contributed by atoms with Crippen molar-refractivity contribution in [2.75, 3.05) is 32.8 Å². The molecule has 1 amide bonds. The molecule has 3 aromatic rings. The van der Waals surface area contributed by atoms with Gasteiger partial charge in [-0.2, -0.15) is 0 Å². The van der Waals surface area contributed by atoms with E-state index in [1.165, 1.54) is 11.1 Å². The maximum Gasteiger partial charge on any atom is 0.407 e. The first-order chi connectivity index (χ1) is 16.6. The Morgan fingerprint density at radius 2 is 1.88 bits per heavy atom. The van der Waals surface area contributed by atoms with Gasteiger partial charge < -0.3 is 28.9 Å². The number of likely N-dealkylation sites (tertiary alicyclic amines) is 1. The Morgan fingerprint density at radius 3 is 2.68 bits per heavy atom. The molecule has 1 saturated heterocycles. The van der Waals surface area contributed by atoms with Crippen LogP contribution in [0.1, 0.15) is 18.4 Å². The van der Waals surface area contributed by atoms with Gasteiger partial charge in [-0.25, -0.2) is 9.78 Å². The van der Waals surface area contributed by atoms with E-state index in [9.17, 15) is 14.7 Å². The Balaban J connectivity index is 1.20. The largest absolute Gasteiger partial charge is 0.486 e. The summed E-state index contributed by atoms with van der Waals surface area (Å²) in [6, 6.07) is 7.33. The van der Waals surface area contributed by atoms with Gasteiger partial charge in [-0.1, -0.05) is 6.07 Å². The van der Waals surface area contributed by atoms with Gasteiger partial charge in [0.05, 0.1) is 23.4 Å². The molecule has 0 radical (unpaired) electrons. The number of carboxylic acid groups (broad SMARTS) is 1. The fraction of sp³-hybridized carbons (Fsp3) is 0.417. The first kappa shape index (κ1) is 22.1. The lowest BCUT2D eigenvalue weighted by molar-refractivity contribution is 0.0856. The highest BCUT2D eigenvalue weighted by Crippen LogP contribution is 2.31. The van der Waals surface area contributed by atoms with Gasteiger partial charge in [0.15, 0.2) is 11.5 Å². The quantitative estimate of drug-likeness (QED) is 0.590. The number of pyridine rings is 1. The van der Waals surface area contributed by atoms with Gasteiger partial charge in [0, 0.05) is 45.0 Å². The third-order valence-corrected chi connectivity index (χ3v) is 6.49. The Bertz CT molecular complexity index is 1240. The molecule has 0 aliphatic carbocycles. The average molecular weight is 466 g/mol. The van der Waals surface area contributed by atoms with Crippen molar-refractivity contribution >= 4 is 17.1 Å². The molecule has 2 aliphatic rings. The van der Waals surface area contributed by atoms with Crippen molar-refractivity contribution in [1.82, 2.24) is 24.3 Å². The van der Waals surface area contributed by atoms with Crippen LogP contribution in [0.4, 0.5) is 4.79 Å². The van der Waals surface area contributed by atoms with E-state index in [1.54, 1.807) is 23.0 Å². The normalized spacial score (nSPS) is 16.5. The second kappa shape index (κ2) is 9.68. The number of fused-ring (bicyclic) bond motifs is 2. The fourth-order valence-corrected chi connectivity index (χ4v) is 4.67. The minimum atomic E-state index is -0.921. The molecular weight excluding hydrogens is 438 g/mol. The molecular formula is C24H27N5O5. The number of hydrogen-bond donors (Lipinski definition) is 1. The van der Waals surface area contributed by atoms with E-state index in [-0.39, 0.29) is 11.6 Å². The Kier molecular flexibility index (Phi) is 6.31. The van der Waals surface area contributed by atoms with Crippen LogP contribution in [0, 0.1) is 0 Å². The second-order valence-corrected chi connectivity index (χ2v) is 8.57. The lowest BCUT2D eigenvalue weighted by Crippen LogP contribution is -2.47. The van der Waals surface area contributed by atoms with Crippen molar-refractivity contribution in [3.63, 3.8) is 0 Å². The lowest BCUT2D eigenvalue weighted by atomic mass is 10.0. The average Bonchev–Trinajstić information content (AvgIpc) is 2.87. The highest BCUT2D eigenvalue weighted by atomic mass is 16.6. The van der Waals surface area contributed by atoms with Crippen LogP contribution in [0.25, 0.3) is 11.0 Å². The zero-order chi connectivity index (χ0) is 23.5. The van der Waals surface area contributed by atoms with Crippen molar-refractivity contribution in [3.8, 4) is 11.5 Å². The number of hydrogen-bond acceptors (Lipinski definition) is 7. The summed E-state index contributed by atoms with van der Waals surface area (Å²) in [6.45, 7) is 4.10. The standard InChI is InChI=1S/C24H27N5O5/c30-23-15-26-19-3-6-25-14-20(19)28(23)10-9-27-7-4-18(5-8-27)29(24(31)32)16-17-1-2-21-22(13-17)34-12-11-33-21/h1-3,6,13-15,18H,4-5,7-12,16H2,(H,31,32). The molecule has 0 unspecified atom stereocenters. The van der Waals surface area contributed by atoms with Crippen molar-refractivity contribution < 1.29 is 19.4 Å². The summed E-state index contributed by atoms with van der Waals surface area (Å²) in [7, 11) is 0. The molecule has 10 heteroatoms.